The summed E-state index contributed by atoms with van der Waals surface area (Å²) in [4.78, 5) is 48.2. The lowest BCUT2D eigenvalue weighted by Crippen LogP contribution is -2.31. The molecule has 196 valence electrons. The standard InChI is InChI=1S/C28H26ClN3O6/c1-17(19-11-10-18-6-2-3-7-20(18)14-19)30-26(33)16-38-28(35)23-8-4-5-9-25(23)31-27(34)22-13-12-21(32(36)37)15-24(22)29/h4-5,8-15,17H,2-3,6-7,16H2,1H3,(H,30,33)(H,31,34). The molecule has 38 heavy (non-hydrogen) atoms. The SMILES string of the molecule is CC(NC(=O)COC(=O)c1ccccc1NC(=O)c1ccc([N+](=O)[O-])cc1Cl)c1ccc2c(c1)CCCC2. The molecule has 2 amide bonds. The van der Waals surface area contributed by atoms with Crippen molar-refractivity contribution in [3.63, 3.8) is 0 Å². The van der Waals surface area contributed by atoms with Crippen molar-refractivity contribution in [2.75, 3.05) is 11.9 Å². The van der Waals surface area contributed by atoms with E-state index in [9.17, 15) is 24.5 Å². The highest BCUT2D eigenvalue weighted by molar-refractivity contribution is 6.34. The second-order valence-corrected chi connectivity index (χ2v) is 9.43. The maximum absolute atomic E-state index is 12.7. The van der Waals surface area contributed by atoms with E-state index >= 15 is 0 Å². The van der Waals surface area contributed by atoms with E-state index < -0.39 is 29.3 Å². The molecule has 0 aliphatic heterocycles. The third-order valence-corrected chi connectivity index (χ3v) is 6.70. The smallest absolute Gasteiger partial charge is 0.340 e. The number of benzene rings is 3. The topological polar surface area (TPSA) is 128 Å². The van der Waals surface area contributed by atoms with Crippen molar-refractivity contribution < 1.29 is 24.0 Å². The summed E-state index contributed by atoms with van der Waals surface area (Å²) in [6.07, 6.45) is 4.47. The Morgan fingerprint density at radius 1 is 1.00 bits per heavy atom. The average Bonchev–Trinajstić information content (AvgIpc) is 2.91. The number of nitrogens with zero attached hydrogens (tertiary/aromatic N) is 1. The fourth-order valence-corrected chi connectivity index (χ4v) is 4.62. The van der Waals surface area contributed by atoms with E-state index in [1.807, 2.05) is 13.0 Å². The maximum Gasteiger partial charge on any atom is 0.340 e. The van der Waals surface area contributed by atoms with Gasteiger partial charge in [-0.3, -0.25) is 19.7 Å². The van der Waals surface area contributed by atoms with Crippen LogP contribution in [0.15, 0.2) is 60.7 Å². The van der Waals surface area contributed by atoms with Crippen LogP contribution in [0.3, 0.4) is 0 Å². The van der Waals surface area contributed by atoms with Crippen molar-refractivity contribution in [2.45, 2.75) is 38.6 Å². The van der Waals surface area contributed by atoms with Crippen LogP contribution in [0.1, 0.15) is 63.2 Å². The van der Waals surface area contributed by atoms with Crippen molar-refractivity contribution in [3.05, 3.63) is 104 Å². The number of halogens is 1. The average molecular weight is 536 g/mol. The molecule has 10 heteroatoms. The van der Waals surface area contributed by atoms with E-state index in [4.69, 9.17) is 16.3 Å². The zero-order valence-corrected chi connectivity index (χ0v) is 21.4. The van der Waals surface area contributed by atoms with E-state index in [0.717, 1.165) is 37.0 Å². The first-order valence-electron chi connectivity index (χ1n) is 12.2. The monoisotopic (exact) mass is 535 g/mol. The Balaban J connectivity index is 1.36. The number of hydrogen-bond donors (Lipinski definition) is 2. The molecule has 1 aliphatic rings. The first-order chi connectivity index (χ1) is 18.2. The summed E-state index contributed by atoms with van der Waals surface area (Å²) in [6.45, 7) is 1.38. The molecule has 2 N–H and O–H groups in total. The van der Waals surface area contributed by atoms with Crippen LogP contribution < -0.4 is 10.6 Å². The van der Waals surface area contributed by atoms with Gasteiger partial charge in [0.15, 0.2) is 6.61 Å². The van der Waals surface area contributed by atoms with Gasteiger partial charge in [-0.2, -0.15) is 0 Å². The van der Waals surface area contributed by atoms with Crippen LogP contribution >= 0.6 is 11.6 Å². The van der Waals surface area contributed by atoms with E-state index in [0.29, 0.717) is 0 Å². The number of nitro benzene ring substituents is 1. The van der Waals surface area contributed by atoms with Gasteiger partial charge in [0.25, 0.3) is 17.5 Å². The Bertz CT molecular complexity index is 1410. The fourth-order valence-electron chi connectivity index (χ4n) is 4.36. The minimum Gasteiger partial charge on any atom is -0.452 e. The van der Waals surface area contributed by atoms with Gasteiger partial charge in [-0.25, -0.2) is 4.79 Å². The third-order valence-electron chi connectivity index (χ3n) is 6.39. The van der Waals surface area contributed by atoms with Crippen LogP contribution in [-0.4, -0.2) is 29.3 Å². The van der Waals surface area contributed by atoms with Crippen molar-refractivity contribution in [2.24, 2.45) is 0 Å². The number of rotatable bonds is 8. The predicted octanol–water partition coefficient (Wildman–Crippen LogP) is 5.41. The van der Waals surface area contributed by atoms with Gasteiger partial charge < -0.3 is 15.4 Å². The number of carbonyl (C=O) groups is 3. The second-order valence-electron chi connectivity index (χ2n) is 9.02. The minimum absolute atomic E-state index is 0.00372. The molecule has 0 bridgehead atoms. The number of fused-ring (bicyclic) bond motifs is 1. The number of nitro groups is 1. The van der Waals surface area contributed by atoms with Crippen LogP contribution in [0.2, 0.25) is 5.02 Å². The number of carbonyl (C=O) groups excluding carboxylic acids is 3. The highest BCUT2D eigenvalue weighted by Crippen LogP contribution is 2.26. The van der Waals surface area contributed by atoms with Gasteiger partial charge >= 0.3 is 5.97 Å². The highest BCUT2D eigenvalue weighted by atomic mass is 35.5. The number of hydrogen-bond acceptors (Lipinski definition) is 6. The summed E-state index contributed by atoms with van der Waals surface area (Å²) in [6, 6.07) is 15.6. The highest BCUT2D eigenvalue weighted by Gasteiger charge is 2.20. The Morgan fingerprint density at radius 3 is 2.47 bits per heavy atom. The Morgan fingerprint density at radius 2 is 1.74 bits per heavy atom. The molecule has 0 aromatic heterocycles. The van der Waals surface area contributed by atoms with Gasteiger partial charge in [0.1, 0.15) is 0 Å². The number of non-ortho nitro benzene ring substituents is 1. The molecule has 1 aliphatic carbocycles. The van der Waals surface area contributed by atoms with Gasteiger partial charge in [-0.1, -0.05) is 41.9 Å². The molecule has 0 fully saturated rings. The van der Waals surface area contributed by atoms with Crippen molar-refractivity contribution in [1.82, 2.24) is 5.32 Å². The summed E-state index contributed by atoms with van der Waals surface area (Å²) in [7, 11) is 0. The molecule has 0 heterocycles. The number of esters is 1. The number of anilines is 1. The Kier molecular flexibility index (Phi) is 8.38. The molecule has 0 saturated carbocycles. The van der Waals surface area contributed by atoms with Crippen LogP contribution in [0.25, 0.3) is 0 Å². The lowest BCUT2D eigenvalue weighted by Gasteiger charge is -2.20. The quantitative estimate of drug-likeness (QED) is 0.225. The molecule has 0 saturated heterocycles. The molecule has 0 radical (unpaired) electrons. The van der Waals surface area contributed by atoms with E-state index in [2.05, 4.69) is 22.8 Å². The van der Waals surface area contributed by atoms with Gasteiger partial charge in [0.2, 0.25) is 0 Å². The largest absolute Gasteiger partial charge is 0.452 e. The number of nitrogens with one attached hydrogen (secondary N) is 2. The van der Waals surface area contributed by atoms with Gasteiger partial charge in [-0.05, 0) is 67.5 Å². The van der Waals surface area contributed by atoms with E-state index in [1.54, 1.807) is 12.1 Å². The van der Waals surface area contributed by atoms with Gasteiger partial charge in [0, 0.05) is 12.1 Å². The first kappa shape index (κ1) is 26.8. The van der Waals surface area contributed by atoms with Crippen molar-refractivity contribution in [1.29, 1.82) is 0 Å². The molecule has 3 aromatic carbocycles. The van der Waals surface area contributed by atoms with Crippen LogP contribution in [0.5, 0.6) is 0 Å². The first-order valence-corrected chi connectivity index (χ1v) is 12.5. The second kappa shape index (κ2) is 11.9. The minimum atomic E-state index is -0.799. The summed E-state index contributed by atoms with van der Waals surface area (Å²) in [5, 5.41) is 16.2. The molecule has 1 atom stereocenters. The van der Waals surface area contributed by atoms with Crippen LogP contribution in [0.4, 0.5) is 11.4 Å². The number of para-hydroxylation sites is 1. The summed E-state index contributed by atoms with van der Waals surface area (Å²) in [5.41, 5.74) is 3.58. The lowest BCUT2D eigenvalue weighted by molar-refractivity contribution is -0.384. The fraction of sp³-hybridized carbons (Fsp3) is 0.250. The molecule has 1 unspecified atom stereocenters. The van der Waals surface area contributed by atoms with Gasteiger partial charge in [-0.15, -0.1) is 0 Å². The van der Waals surface area contributed by atoms with Gasteiger partial charge in [0.05, 0.1) is 32.8 Å². The van der Waals surface area contributed by atoms with Crippen LogP contribution in [-0.2, 0) is 22.4 Å². The summed E-state index contributed by atoms with van der Waals surface area (Å²) < 4.78 is 5.21. The summed E-state index contributed by atoms with van der Waals surface area (Å²) >= 11 is 6.04. The van der Waals surface area contributed by atoms with Crippen molar-refractivity contribution >= 4 is 40.8 Å². The molecule has 3 aromatic rings. The Hall–Kier alpha value is -4.24. The number of amides is 2. The molecular weight excluding hydrogens is 510 g/mol. The molecular formula is C28H26ClN3O6. The number of ether oxygens (including phenoxy) is 1. The van der Waals surface area contributed by atoms with Crippen molar-refractivity contribution in [3.8, 4) is 0 Å². The van der Waals surface area contributed by atoms with E-state index in [-0.39, 0.29) is 33.6 Å². The predicted molar refractivity (Wildman–Crippen MR) is 142 cm³/mol. The van der Waals surface area contributed by atoms with Crippen LogP contribution in [0, 0.1) is 10.1 Å². The lowest BCUT2D eigenvalue weighted by atomic mass is 9.89. The van der Waals surface area contributed by atoms with E-state index in [1.165, 1.54) is 35.7 Å². The zero-order valence-electron chi connectivity index (χ0n) is 20.7. The third kappa shape index (κ3) is 6.36. The Labute approximate surface area is 224 Å². The molecule has 0 spiro atoms. The summed E-state index contributed by atoms with van der Waals surface area (Å²) in [5.74, 6) is -1.92. The molecule has 4 rings (SSSR count). The molecule has 9 nitrogen and oxygen atoms in total. The normalized spacial score (nSPS) is 13.1. The number of aryl methyl sites for hydroxylation is 2. The zero-order chi connectivity index (χ0) is 27.2. The maximum atomic E-state index is 12.7.